The predicted octanol–water partition coefficient (Wildman–Crippen LogP) is 1.76. The second-order valence-electron chi connectivity index (χ2n) is 4.08. The molecule has 1 aromatic heterocycles. The van der Waals surface area contributed by atoms with E-state index in [1.165, 1.54) is 0 Å². The van der Waals surface area contributed by atoms with Crippen molar-refractivity contribution in [2.75, 3.05) is 18.5 Å². The van der Waals surface area contributed by atoms with Gasteiger partial charge in [-0.3, -0.25) is 0 Å². The largest absolute Gasteiger partial charge is 0.478 e. The average Bonchev–Trinajstić information content (AvgIpc) is 2.25. The van der Waals surface area contributed by atoms with E-state index in [-0.39, 0.29) is 6.10 Å². The molecule has 1 aromatic rings. The lowest BCUT2D eigenvalue weighted by Gasteiger charge is -2.09. The second kappa shape index (κ2) is 7.06. The first-order valence-corrected chi connectivity index (χ1v) is 6.02. The Balaban J connectivity index is 2.55. The highest BCUT2D eigenvalue weighted by molar-refractivity contribution is 5.30. The van der Waals surface area contributed by atoms with Crippen molar-refractivity contribution >= 4 is 5.95 Å². The van der Waals surface area contributed by atoms with Crippen molar-refractivity contribution in [3.8, 4) is 5.88 Å². The number of hydrogen-bond donors (Lipinski definition) is 2. The van der Waals surface area contributed by atoms with E-state index in [4.69, 9.17) is 9.84 Å². The highest BCUT2D eigenvalue weighted by atomic mass is 16.5. The Morgan fingerprint density at radius 1 is 1.47 bits per heavy atom. The van der Waals surface area contributed by atoms with Crippen LogP contribution in [-0.2, 0) is 0 Å². The van der Waals surface area contributed by atoms with Gasteiger partial charge in [0.2, 0.25) is 11.8 Å². The van der Waals surface area contributed by atoms with Gasteiger partial charge in [0.15, 0.2) is 0 Å². The molecule has 0 bridgehead atoms. The molecule has 0 aliphatic heterocycles. The van der Waals surface area contributed by atoms with E-state index in [1.54, 1.807) is 6.92 Å². The lowest BCUT2D eigenvalue weighted by Crippen LogP contribution is -2.12. The summed E-state index contributed by atoms with van der Waals surface area (Å²) >= 11 is 0. The van der Waals surface area contributed by atoms with Crippen molar-refractivity contribution < 1.29 is 9.84 Å². The van der Waals surface area contributed by atoms with Crippen LogP contribution in [0.15, 0.2) is 6.07 Å². The van der Waals surface area contributed by atoms with Crippen LogP contribution in [0, 0.1) is 6.92 Å². The number of aliphatic hydroxyl groups excluding tert-OH is 1. The summed E-state index contributed by atoms with van der Waals surface area (Å²) in [5.41, 5.74) is 0.866. The zero-order chi connectivity index (χ0) is 12.7. The molecule has 5 nitrogen and oxygen atoms in total. The van der Waals surface area contributed by atoms with E-state index in [1.807, 2.05) is 13.0 Å². The molecule has 0 aliphatic carbocycles. The molecule has 1 atom stereocenters. The van der Waals surface area contributed by atoms with Gasteiger partial charge in [0.25, 0.3) is 0 Å². The van der Waals surface area contributed by atoms with Gasteiger partial charge in [-0.15, -0.1) is 0 Å². The third-order valence-corrected chi connectivity index (χ3v) is 2.13. The Bertz CT molecular complexity index is 343. The number of nitrogens with one attached hydrogen (secondary N) is 1. The summed E-state index contributed by atoms with van der Waals surface area (Å²) in [7, 11) is 0. The van der Waals surface area contributed by atoms with Crippen LogP contribution in [0.1, 0.15) is 32.4 Å². The highest BCUT2D eigenvalue weighted by Crippen LogP contribution is 2.12. The number of anilines is 1. The van der Waals surface area contributed by atoms with Gasteiger partial charge in [-0.2, -0.15) is 4.98 Å². The van der Waals surface area contributed by atoms with Crippen molar-refractivity contribution in [3.05, 3.63) is 11.8 Å². The zero-order valence-electron chi connectivity index (χ0n) is 10.7. The minimum Gasteiger partial charge on any atom is -0.478 e. The van der Waals surface area contributed by atoms with Crippen LogP contribution < -0.4 is 10.1 Å². The van der Waals surface area contributed by atoms with E-state index in [9.17, 15) is 0 Å². The number of ether oxygens (including phenoxy) is 1. The Hall–Kier alpha value is -1.36. The lowest BCUT2D eigenvalue weighted by molar-refractivity contribution is 0.188. The average molecular weight is 239 g/mol. The van der Waals surface area contributed by atoms with Crippen LogP contribution in [0.25, 0.3) is 0 Å². The fourth-order valence-corrected chi connectivity index (χ4v) is 1.29. The van der Waals surface area contributed by atoms with Crippen molar-refractivity contribution in [1.29, 1.82) is 0 Å². The first-order chi connectivity index (χ1) is 8.11. The van der Waals surface area contributed by atoms with E-state index in [0.717, 1.165) is 12.1 Å². The highest BCUT2D eigenvalue weighted by Gasteiger charge is 2.03. The third-order valence-electron chi connectivity index (χ3n) is 2.13. The maximum absolute atomic E-state index is 9.15. The number of aliphatic hydroxyl groups is 1. The molecule has 0 fully saturated rings. The van der Waals surface area contributed by atoms with Gasteiger partial charge in [0.05, 0.1) is 12.7 Å². The van der Waals surface area contributed by atoms with Crippen LogP contribution in [0.5, 0.6) is 5.88 Å². The molecular formula is C12H21N3O2. The summed E-state index contributed by atoms with van der Waals surface area (Å²) in [5.74, 6) is 1.15. The molecule has 0 radical (unpaired) electrons. The minimum atomic E-state index is -0.317. The van der Waals surface area contributed by atoms with Crippen molar-refractivity contribution in [3.63, 3.8) is 0 Å². The van der Waals surface area contributed by atoms with Crippen LogP contribution in [0.4, 0.5) is 5.95 Å². The fraction of sp³-hybridized carbons (Fsp3) is 0.667. The molecule has 17 heavy (non-hydrogen) atoms. The molecule has 0 aromatic carbocycles. The van der Waals surface area contributed by atoms with Gasteiger partial charge >= 0.3 is 0 Å². The van der Waals surface area contributed by atoms with Crippen LogP contribution in [0.3, 0.4) is 0 Å². The molecule has 1 heterocycles. The number of hydrogen-bond acceptors (Lipinski definition) is 5. The molecule has 2 N–H and O–H groups in total. The molecule has 1 unspecified atom stereocenters. The summed E-state index contributed by atoms with van der Waals surface area (Å²) in [6, 6.07) is 1.81. The number of aryl methyl sites for hydroxylation is 1. The molecule has 0 saturated carbocycles. The van der Waals surface area contributed by atoms with Crippen molar-refractivity contribution in [1.82, 2.24) is 9.97 Å². The SMILES string of the molecule is CCCOc1cc(C)nc(NCCC(C)O)n1. The Kier molecular flexibility index (Phi) is 5.69. The zero-order valence-corrected chi connectivity index (χ0v) is 10.7. The van der Waals surface area contributed by atoms with Gasteiger partial charge in [-0.05, 0) is 26.7 Å². The number of aromatic nitrogens is 2. The molecule has 96 valence electrons. The van der Waals surface area contributed by atoms with E-state index < -0.39 is 0 Å². The minimum absolute atomic E-state index is 0.317. The van der Waals surface area contributed by atoms with E-state index in [0.29, 0.717) is 31.4 Å². The Morgan fingerprint density at radius 2 is 2.24 bits per heavy atom. The quantitative estimate of drug-likeness (QED) is 0.759. The summed E-state index contributed by atoms with van der Waals surface area (Å²) in [6.07, 6.45) is 1.30. The van der Waals surface area contributed by atoms with Gasteiger partial charge in [-0.1, -0.05) is 6.92 Å². The summed E-state index contributed by atoms with van der Waals surface area (Å²) in [6.45, 7) is 7.02. The standard InChI is InChI=1S/C12H21N3O2/c1-4-7-17-11-8-9(2)14-12(15-11)13-6-5-10(3)16/h8,10,16H,4-7H2,1-3H3,(H,13,14,15). The Morgan fingerprint density at radius 3 is 2.88 bits per heavy atom. The van der Waals surface area contributed by atoms with E-state index >= 15 is 0 Å². The monoisotopic (exact) mass is 239 g/mol. The summed E-state index contributed by atoms with van der Waals surface area (Å²) in [5, 5.41) is 12.2. The molecule has 0 spiro atoms. The van der Waals surface area contributed by atoms with Gasteiger partial charge < -0.3 is 15.2 Å². The molecule has 1 rings (SSSR count). The summed E-state index contributed by atoms with van der Waals surface area (Å²) in [4.78, 5) is 8.50. The number of rotatable bonds is 7. The third kappa shape index (κ3) is 5.49. The van der Waals surface area contributed by atoms with E-state index in [2.05, 4.69) is 22.2 Å². The van der Waals surface area contributed by atoms with Crippen LogP contribution in [-0.4, -0.2) is 34.3 Å². The molecule has 0 saturated heterocycles. The molecular weight excluding hydrogens is 218 g/mol. The van der Waals surface area contributed by atoms with Crippen LogP contribution >= 0.6 is 0 Å². The normalized spacial score (nSPS) is 12.2. The predicted molar refractivity (Wildman–Crippen MR) is 67.3 cm³/mol. The van der Waals surface area contributed by atoms with Gasteiger partial charge in [0.1, 0.15) is 0 Å². The van der Waals surface area contributed by atoms with Crippen molar-refractivity contribution in [2.24, 2.45) is 0 Å². The Labute approximate surface area is 102 Å². The fourth-order valence-electron chi connectivity index (χ4n) is 1.29. The lowest BCUT2D eigenvalue weighted by atomic mass is 10.3. The second-order valence-corrected chi connectivity index (χ2v) is 4.08. The van der Waals surface area contributed by atoms with Crippen LogP contribution in [0.2, 0.25) is 0 Å². The van der Waals surface area contributed by atoms with Gasteiger partial charge in [0, 0.05) is 18.3 Å². The van der Waals surface area contributed by atoms with Crippen molar-refractivity contribution in [2.45, 2.75) is 39.7 Å². The first-order valence-electron chi connectivity index (χ1n) is 6.02. The van der Waals surface area contributed by atoms with Gasteiger partial charge in [-0.25, -0.2) is 4.98 Å². The maximum atomic E-state index is 9.15. The smallest absolute Gasteiger partial charge is 0.226 e. The maximum Gasteiger partial charge on any atom is 0.226 e. The molecule has 5 heteroatoms. The number of nitrogens with zero attached hydrogens (tertiary/aromatic N) is 2. The molecule has 0 amide bonds. The topological polar surface area (TPSA) is 67.3 Å². The molecule has 0 aliphatic rings. The first kappa shape index (κ1) is 13.7. The summed E-state index contributed by atoms with van der Waals surface area (Å²) < 4.78 is 5.46.